The average Bonchev–Trinajstić information content (AvgIpc) is 1.81. The molecule has 0 saturated carbocycles. The summed E-state index contributed by atoms with van der Waals surface area (Å²) in [5, 5.41) is 11.4. The van der Waals surface area contributed by atoms with E-state index in [0.717, 1.165) is 0 Å². The predicted octanol–water partition coefficient (Wildman–Crippen LogP) is -1.25. The van der Waals surface area contributed by atoms with E-state index in [2.05, 4.69) is 5.32 Å². The van der Waals surface area contributed by atoms with Gasteiger partial charge in [0, 0.05) is 20.1 Å². The van der Waals surface area contributed by atoms with Gasteiger partial charge in [0.05, 0.1) is 5.92 Å². The van der Waals surface area contributed by atoms with Crippen LogP contribution >= 0.6 is 0 Å². The summed E-state index contributed by atoms with van der Waals surface area (Å²) >= 11 is 0. The molecule has 1 aliphatic rings. The Morgan fingerprint density at radius 2 is 2.17 bits per heavy atom. The van der Waals surface area contributed by atoms with E-state index in [4.69, 9.17) is 5.11 Å². The van der Waals surface area contributed by atoms with E-state index in [1.54, 1.807) is 0 Å². The van der Waals surface area contributed by atoms with Crippen molar-refractivity contribution in [3.05, 3.63) is 0 Å². The maximum Gasteiger partial charge on any atom is 0.323 e. The van der Waals surface area contributed by atoms with Crippen molar-refractivity contribution in [3.8, 4) is 0 Å². The van der Waals surface area contributed by atoms with Crippen LogP contribution in [0.3, 0.4) is 0 Å². The highest BCUT2D eigenvalue weighted by Crippen LogP contribution is 2.06. The Kier molecular flexibility index (Phi) is 2.65. The maximum absolute atomic E-state index is 11.3. The van der Waals surface area contributed by atoms with E-state index >= 15 is 0 Å². The summed E-state index contributed by atoms with van der Waals surface area (Å²) in [4.78, 5) is 22.8. The van der Waals surface area contributed by atoms with Crippen LogP contribution in [0.4, 0.5) is 0 Å². The van der Waals surface area contributed by atoms with Gasteiger partial charge in [0.1, 0.15) is 6.54 Å². The molecule has 5 heteroatoms. The molecular formula is C7H12N2O3. The van der Waals surface area contributed by atoms with Gasteiger partial charge in [-0.1, -0.05) is 0 Å². The van der Waals surface area contributed by atoms with Crippen LogP contribution in [-0.2, 0) is 9.59 Å². The van der Waals surface area contributed by atoms with Crippen LogP contribution < -0.4 is 5.32 Å². The van der Waals surface area contributed by atoms with Gasteiger partial charge in [-0.25, -0.2) is 0 Å². The van der Waals surface area contributed by atoms with Crippen LogP contribution in [0.5, 0.6) is 0 Å². The zero-order chi connectivity index (χ0) is 9.14. The second-order valence-corrected chi connectivity index (χ2v) is 2.94. The van der Waals surface area contributed by atoms with Gasteiger partial charge in [-0.15, -0.1) is 0 Å². The number of amides is 1. The lowest BCUT2D eigenvalue weighted by molar-refractivity contribution is -0.145. The summed E-state index contributed by atoms with van der Waals surface area (Å²) in [6.07, 6.45) is 0. The first kappa shape index (κ1) is 8.99. The minimum absolute atomic E-state index is 0.0191. The standard InChI is InChI=1S/C7H12N2O3/c1-9(4-6(10)11)7(12)5-2-8-3-5/h5,8H,2-4H2,1H3,(H,10,11). The van der Waals surface area contributed by atoms with Gasteiger partial charge in [-0.3, -0.25) is 9.59 Å². The minimum atomic E-state index is -0.974. The number of nitrogens with zero attached hydrogens (tertiary/aromatic N) is 1. The number of rotatable bonds is 3. The van der Waals surface area contributed by atoms with Crippen molar-refractivity contribution < 1.29 is 14.7 Å². The van der Waals surface area contributed by atoms with Gasteiger partial charge in [-0.05, 0) is 0 Å². The summed E-state index contributed by atoms with van der Waals surface area (Å²) in [7, 11) is 1.51. The van der Waals surface area contributed by atoms with E-state index in [0.29, 0.717) is 13.1 Å². The highest BCUT2D eigenvalue weighted by atomic mass is 16.4. The van der Waals surface area contributed by atoms with Crippen molar-refractivity contribution in [2.24, 2.45) is 5.92 Å². The van der Waals surface area contributed by atoms with Crippen LogP contribution in [0, 0.1) is 5.92 Å². The molecule has 0 unspecified atom stereocenters. The van der Waals surface area contributed by atoms with Crippen molar-refractivity contribution in [3.63, 3.8) is 0 Å². The second kappa shape index (κ2) is 3.53. The summed E-state index contributed by atoms with van der Waals surface area (Å²) in [6.45, 7) is 1.13. The van der Waals surface area contributed by atoms with E-state index in [1.807, 2.05) is 0 Å². The second-order valence-electron chi connectivity index (χ2n) is 2.94. The lowest BCUT2D eigenvalue weighted by Gasteiger charge is -2.29. The minimum Gasteiger partial charge on any atom is -0.480 e. The zero-order valence-electron chi connectivity index (χ0n) is 6.91. The van der Waals surface area contributed by atoms with E-state index < -0.39 is 5.97 Å². The van der Waals surface area contributed by atoms with Gasteiger partial charge in [0.25, 0.3) is 0 Å². The molecule has 12 heavy (non-hydrogen) atoms. The van der Waals surface area contributed by atoms with Crippen LogP contribution in [-0.4, -0.2) is 48.6 Å². The normalized spacial score (nSPS) is 16.8. The number of carboxylic acid groups (broad SMARTS) is 1. The molecule has 0 atom stereocenters. The Bertz CT molecular complexity index is 201. The number of carbonyl (C=O) groups is 2. The summed E-state index contributed by atoms with van der Waals surface area (Å²) < 4.78 is 0. The number of hydrogen-bond donors (Lipinski definition) is 2. The smallest absolute Gasteiger partial charge is 0.323 e. The predicted molar refractivity (Wildman–Crippen MR) is 41.6 cm³/mol. The number of nitrogens with one attached hydrogen (secondary N) is 1. The third kappa shape index (κ3) is 1.94. The number of aliphatic carboxylic acids is 1. The van der Waals surface area contributed by atoms with Gasteiger partial charge >= 0.3 is 5.97 Å². The van der Waals surface area contributed by atoms with E-state index in [9.17, 15) is 9.59 Å². The quantitative estimate of drug-likeness (QED) is 0.558. The number of carboxylic acids is 1. The summed E-state index contributed by atoms with van der Waals surface area (Å²) in [5.41, 5.74) is 0. The molecule has 1 saturated heterocycles. The van der Waals surface area contributed by atoms with Gasteiger partial charge in [0.2, 0.25) is 5.91 Å². The van der Waals surface area contributed by atoms with Crippen LogP contribution in [0.1, 0.15) is 0 Å². The topological polar surface area (TPSA) is 69.6 Å². The Morgan fingerprint density at radius 1 is 1.58 bits per heavy atom. The van der Waals surface area contributed by atoms with Gasteiger partial charge in [0.15, 0.2) is 0 Å². The molecule has 0 aromatic rings. The molecule has 1 heterocycles. The van der Waals surface area contributed by atoms with Crippen LogP contribution in [0.25, 0.3) is 0 Å². The highest BCUT2D eigenvalue weighted by Gasteiger charge is 2.28. The first-order chi connectivity index (χ1) is 5.61. The largest absolute Gasteiger partial charge is 0.480 e. The molecule has 1 amide bonds. The molecule has 68 valence electrons. The monoisotopic (exact) mass is 172 g/mol. The molecule has 0 aromatic carbocycles. The SMILES string of the molecule is CN(CC(=O)O)C(=O)C1CNC1. The Labute approximate surface area is 70.4 Å². The molecule has 1 fully saturated rings. The van der Waals surface area contributed by atoms with Gasteiger partial charge < -0.3 is 15.3 Å². The third-order valence-corrected chi connectivity index (χ3v) is 1.88. The van der Waals surface area contributed by atoms with Crippen molar-refractivity contribution in [2.75, 3.05) is 26.7 Å². The van der Waals surface area contributed by atoms with Crippen LogP contribution in [0.2, 0.25) is 0 Å². The number of hydrogen-bond acceptors (Lipinski definition) is 3. The molecule has 0 radical (unpaired) electrons. The first-order valence-electron chi connectivity index (χ1n) is 3.78. The van der Waals surface area contributed by atoms with Gasteiger partial charge in [-0.2, -0.15) is 0 Å². The van der Waals surface area contributed by atoms with E-state index in [1.165, 1.54) is 11.9 Å². The molecule has 0 aliphatic carbocycles. The number of likely N-dealkylation sites (N-methyl/N-ethyl adjacent to an activating group) is 1. The molecule has 1 rings (SSSR count). The van der Waals surface area contributed by atoms with Crippen molar-refractivity contribution in [1.29, 1.82) is 0 Å². The summed E-state index contributed by atoms with van der Waals surface area (Å²) in [6, 6.07) is 0. The Morgan fingerprint density at radius 3 is 2.50 bits per heavy atom. The average molecular weight is 172 g/mol. The van der Waals surface area contributed by atoms with E-state index in [-0.39, 0.29) is 18.4 Å². The lowest BCUT2D eigenvalue weighted by atomic mass is 10.0. The molecule has 0 aromatic heterocycles. The molecule has 0 bridgehead atoms. The highest BCUT2D eigenvalue weighted by molar-refractivity contribution is 5.83. The van der Waals surface area contributed by atoms with Crippen molar-refractivity contribution >= 4 is 11.9 Å². The van der Waals surface area contributed by atoms with Crippen molar-refractivity contribution in [2.45, 2.75) is 0 Å². The molecule has 5 nitrogen and oxygen atoms in total. The maximum atomic E-state index is 11.3. The fourth-order valence-corrected chi connectivity index (χ4v) is 1.06. The van der Waals surface area contributed by atoms with Crippen molar-refractivity contribution in [1.82, 2.24) is 10.2 Å². The summed E-state index contributed by atoms with van der Waals surface area (Å²) in [5.74, 6) is -1.08. The van der Waals surface area contributed by atoms with Crippen LogP contribution in [0.15, 0.2) is 0 Å². The Hall–Kier alpha value is -1.10. The Balaban J connectivity index is 2.34. The molecule has 2 N–H and O–H groups in total. The molecule has 1 aliphatic heterocycles. The fourth-order valence-electron chi connectivity index (χ4n) is 1.06. The molecular weight excluding hydrogens is 160 g/mol. The third-order valence-electron chi connectivity index (χ3n) is 1.88. The lowest BCUT2D eigenvalue weighted by Crippen LogP contribution is -2.51. The first-order valence-corrected chi connectivity index (χ1v) is 3.78. The fraction of sp³-hybridized carbons (Fsp3) is 0.714. The number of carbonyl (C=O) groups excluding carboxylic acids is 1. The molecule has 0 spiro atoms. The zero-order valence-corrected chi connectivity index (χ0v) is 6.91.